The summed E-state index contributed by atoms with van der Waals surface area (Å²) in [6.45, 7) is 2.50. The number of nitrogens with one attached hydrogen (secondary N) is 1. The summed E-state index contributed by atoms with van der Waals surface area (Å²) in [5.41, 5.74) is 0.195. The van der Waals surface area contributed by atoms with Crippen LogP contribution in [0.4, 0.5) is 13.2 Å². The van der Waals surface area contributed by atoms with Crippen LogP contribution in [0.1, 0.15) is 36.8 Å². The van der Waals surface area contributed by atoms with Gasteiger partial charge < -0.3 is 14.6 Å². The molecule has 1 aromatic carbocycles. The van der Waals surface area contributed by atoms with Crippen LogP contribution >= 0.6 is 0 Å². The predicted octanol–water partition coefficient (Wildman–Crippen LogP) is 3.71. The van der Waals surface area contributed by atoms with Crippen LogP contribution in [-0.2, 0) is 13.2 Å². The topological polar surface area (TPSA) is 43.3 Å². The van der Waals surface area contributed by atoms with Crippen molar-refractivity contribution in [1.82, 2.24) is 9.88 Å². The zero-order valence-corrected chi connectivity index (χ0v) is 15.3. The first-order valence-electron chi connectivity index (χ1n) is 8.95. The van der Waals surface area contributed by atoms with Crippen molar-refractivity contribution >= 4 is 0 Å². The second kappa shape index (κ2) is 7.76. The molecule has 0 amide bonds. The number of rotatable bonds is 4. The minimum Gasteiger partial charge on any atom is -0.490 e. The Balaban J connectivity index is 1.65. The minimum atomic E-state index is -4.31. The number of pyridine rings is 1. The Labute approximate surface area is 156 Å². The Morgan fingerprint density at radius 3 is 2.48 bits per heavy atom. The Bertz CT molecular complexity index is 830. The molecule has 3 unspecified atom stereocenters. The summed E-state index contributed by atoms with van der Waals surface area (Å²) in [4.78, 5) is 11.4. The van der Waals surface area contributed by atoms with E-state index in [2.05, 4.69) is 12.2 Å². The van der Waals surface area contributed by atoms with E-state index < -0.39 is 11.7 Å². The molecule has 0 saturated carbocycles. The third-order valence-electron chi connectivity index (χ3n) is 4.95. The third-order valence-corrected chi connectivity index (χ3v) is 4.95. The van der Waals surface area contributed by atoms with E-state index in [9.17, 15) is 18.0 Å². The van der Waals surface area contributed by atoms with Gasteiger partial charge in [0.25, 0.3) is 0 Å². The SMILES string of the molecule is CC1CC(c2ccc(C(F)(F)F)cc2)CC(COc2ccc(=O)n(C)c2)N1. The molecule has 2 aromatic rings. The lowest BCUT2D eigenvalue weighted by molar-refractivity contribution is -0.137. The lowest BCUT2D eigenvalue weighted by Crippen LogP contribution is -2.46. The van der Waals surface area contributed by atoms with Crippen LogP contribution in [0.15, 0.2) is 47.4 Å². The maximum Gasteiger partial charge on any atom is 0.416 e. The second-order valence-electron chi connectivity index (χ2n) is 7.18. The van der Waals surface area contributed by atoms with E-state index in [1.165, 1.54) is 10.6 Å². The Hall–Kier alpha value is -2.28. The van der Waals surface area contributed by atoms with Gasteiger partial charge in [0.1, 0.15) is 12.4 Å². The van der Waals surface area contributed by atoms with E-state index in [0.29, 0.717) is 12.4 Å². The molecule has 0 bridgehead atoms. The molecule has 0 aliphatic carbocycles. The normalized spacial score (nSPS) is 23.2. The summed E-state index contributed by atoms with van der Waals surface area (Å²) in [6, 6.07) is 8.88. The predicted molar refractivity (Wildman–Crippen MR) is 97.0 cm³/mol. The van der Waals surface area contributed by atoms with Gasteiger partial charge >= 0.3 is 6.18 Å². The molecular formula is C20H23F3N2O2. The van der Waals surface area contributed by atoms with Gasteiger partial charge in [-0.05, 0) is 49.4 Å². The van der Waals surface area contributed by atoms with Gasteiger partial charge in [-0.3, -0.25) is 4.79 Å². The molecule has 1 N–H and O–H groups in total. The highest BCUT2D eigenvalue weighted by Crippen LogP contribution is 2.34. The Kier molecular flexibility index (Phi) is 5.60. The smallest absolute Gasteiger partial charge is 0.416 e. The monoisotopic (exact) mass is 380 g/mol. The van der Waals surface area contributed by atoms with E-state index in [-0.39, 0.29) is 23.6 Å². The highest BCUT2D eigenvalue weighted by molar-refractivity contribution is 5.28. The molecule has 1 aliphatic rings. The number of ether oxygens (including phenoxy) is 1. The Morgan fingerprint density at radius 2 is 1.85 bits per heavy atom. The fraction of sp³-hybridized carbons (Fsp3) is 0.450. The zero-order chi connectivity index (χ0) is 19.6. The van der Waals surface area contributed by atoms with Gasteiger partial charge in [0, 0.05) is 31.4 Å². The summed E-state index contributed by atoms with van der Waals surface area (Å²) in [6.07, 6.45) is -1.03. The second-order valence-corrected chi connectivity index (χ2v) is 7.18. The molecule has 0 radical (unpaired) electrons. The maximum atomic E-state index is 12.8. The summed E-state index contributed by atoms with van der Waals surface area (Å²) in [5, 5.41) is 3.47. The van der Waals surface area contributed by atoms with Crippen LogP contribution in [-0.4, -0.2) is 23.3 Å². The molecule has 3 rings (SSSR count). The highest BCUT2D eigenvalue weighted by atomic mass is 19.4. The van der Waals surface area contributed by atoms with E-state index >= 15 is 0 Å². The van der Waals surface area contributed by atoms with Gasteiger partial charge in [0.15, 0.2) is 0 Å². The fourth-order valence-electron chi connectivity index (χ4n) is 3.59. The number of alkyl halides is 3. The van der Waals surface area contributed by atoms with Crippen LogP contribution in [0.25, 0.3) is 0 Å². The molecule has 1 fully saturated rings. The first-order valence-corrected chi connectivity index (χ1v) is 8.95. The standard InChI is InChI=1S/C20H23F3N2O2/c1-13-9-15(14-3-5-16(6-4-14)20(21,22)23)10-17(24-13)12-27-18-7-8-19(26)25(2)11-18/h3-8,11,13,15,17,24H,9-10,12H2,1-2H3. The van der Waals surface area contributed by atoms with Crippen LogP contribution in [0.3, 0.4) is 0 Å². The van der Waals surface area contributed by atoms with Crippen molar-refractivity contribution in [3.8, 4) is 5.75 Å². The zero-order valence-electron chi connectivity index (χ0n) is 15.3. The molecule has 4 nitrogen and oxygen atoms in total. The van der Waals surface area contributed by atoms with Crippen molar-refractivity contribution < 1.29 is 17.9 Å². The van der Waals surface area contributed by atoms with Gasteiger partial charge in [0.05, 0.1) is 5.56 Å². The lowest BCUT2D eigenvalue weighted by Gasteiger charge is -2.35. The largest absolute Gasteiger partial charge is 0.490 e. The summed E-state index contributed by atoms with van der Waals surface area (Å²) >= 11 is 0. The molecule has 2 heterocycles. The summed E-state index contributed by atoms with van der Waals surface area (Å²) in [7, 11) is 1.66. The number of aryl methyl sites for hydroxylation is 1. The van der Waals surface area contributed by atoms with Gasteiger partial charge in [-0.15, -0.1) is 0 Å². The van der Waals surface area contributed by atoms with Gasteiger partial charge in [-0.1, -0.05) is 12.1 Å². The van der Waals surface area contributed by atoms with Gasteiger partial charge in [-0.25, -0.2) is 0 Å². The maximum absolute atomic E-state index is 12.8. The number of halogens is 3. The number of benzene rings is 1. The molecule has 146 valence electrons. The van der Waals surface area contributed by atoms with Crippen molar-refractivity contribution in [3.63, 3.8) is 0 Å². The summed E-state index contributed by atoms with van der Waals surface area (Å²) in [5.74, 6) is 0.792. The molecule has 1 aliphatic heterocycles. The number of piperidine rings is 1. The van der Waals surface area contributed by atoms with Crippen LogP contribution in [0.2, 0.25) is 0 Å². The molecule has 27 heavy (non-hydrogen) atoms. The molecule has 1 aromatic heterocycles. The van der Waals surface area contributed by atoms with E-state index in [1.54, 1.807) is 31.4 Å². The highest BCUT2D eigenvalue weighted by Gasteiger charge is 2.31. The minimum absolute atomic E-state index is 0.0817. The van der Waals surface area contributed by atoms with E-state index in [4.69, 9.17) is 4.74 Å². The fourth-order valence-corrected chi connectivity index (χ4v) is 3.59. The van der Waals surface area contributed by atoms with E-state index in [0.717, 1.165) is 30.5 Å². The van der Waals surface area contributed by atoms with Crippen molar-refractivity contribution in [2.45, 2.75) is 43.9 Å². The van der Waals surface area contributed by atoms with Gasteiger partial charge in [-0.2, -0.15) is 13.2 Å². The quantitative estimate of drug-likeness (QED) is 0.880. The van der Waals surface area contributed by atoms with Crippen LogP contribution < -0.4 is 15.6 Å². The molecular weight excluding hydrogens is 357 g/mol. The third kappa shape index (κ3) is 4.91. The molecule has 1 saturated heterocycles. The first kappa shape index (κ1) is 19.5. The van der Waals surface area contributed by atoms with Crippen molar-refractivity contribution in [3.05, 3.63) is 64.1 Å². The van der Waals surface area contributed by atoms with Crippen molar-refractivity contribution in [1.29, 1.82) is 0 Å². The number of hydrogen-bond donors (Lipinski definition) is 1. The van der Waals surface area contributed by atoms with Gasteiger partial charge in [0.2, 0.25) is 5.56 Å². The number of hydrogen-bond acceptors (Lipinski definition) is 3. The lowest BCUT2D eigenvalue weighted by atomic mass is 9.83. The average Bonchev–Trinajstić information content (AvgIpc) is 2.62. The van der Waals surface area contributed by atoms with Crippen LogP contribution in [0, 0.1) is 0 Å². The van der Waals surface area contributed by atoms with E-state index in [1.807, 2.05) is 0 Å². The molecule has 7 heteroatoms. The van der Waals surface area contributed by atoms with Crippen molar-refractivity contribution in [2.75, 3.05) is 6.61 Å². The Morgan fingerprint density at radius 1 is 1.15 bits per heavy atom. The number of nitrogens with zero attached hydrogens (tertiary/aromatic N) is 1. The number of aromatic nitrogens is 1. The molecule has 0 spiro atoms. The summed E-state index contributed by atoms with van der Waals surface area (Å²) < 4.78 is 45.5. The first-order chi connectivity index (χ1) is 12.7. The molecule has 3 atom stereocenters. The van der Waals surface area contributed by atoms with Crippen molar-refractivity contribution in [2.24, 2.45) is 7.05 Å². The van der Waals surface area contributed by atoms with Crippen LogP contribution in [0.5, 0.6) is 5.75 Å². The average molecular weight is 380 g/mol.